The molecule has 9 nitrogen and oxygen atoms in total. The van der Waals surface area contributed by atoms with Gasteiger partial charge in [0.15, 0.2) is 0 Å². The third-order valence-electron chi connectivity index (χ3n) is 5.41. The minimum atomic E-state index is -4.16. The van der Waals surface area contributed by atoms with E-state index in [1.807, 2.05) is 6.92 Å². The van der Waals surface area contributed by atoms with Crippen LogP contribution in [0.4, 0.5) is 16.2 Å². The summed E-state index contributed by atoms with van der Waals surface area (Å²) < 4.78 is 34.4. The number of carbonyl (C=O) groups is 1. The molecule has 0 saturated carbocycles. The van der Waals surface area contributed by atoms with Crippen LogP contribution in [0.5, 0.6) is 5.75 Å². The van der Waals surface area contributed by atoms with E-state index in [4.69, 9.17) is 4.74 Å². The summed E-state index contributed by atoms with van der Waals surface area (Å²) in [7, 11) is -4.16. The summed E-state index contributed by atoms with van der Waals surface area (Å²) in [4.78, 5) is 31.9. The lowest BCUT2D eigenvalue weighted by Gasteiger charge is -2.36. The van der Waals surface area contributed by atoms with Crippen molar-refractivity contribution >= 4 is 33.1 Å². The molecular weight excluding hydrogens is 456 g/mol. The predicted molar refractivity (Wildman–Crippen MR) is 127 cm³/mol. The Labute approximate surface area is 195 Å². The highest BCUT2D eigenvalue weighted by atomic mass is 32.2. The highest BCUT2D eigenvalue weighted by Crippen LogP contribution is 2.38. The van der Waals surface area contributed by atoms with Crippen molar-refractivity contribution in [2.45, 2.75) is 18.4 Å². The molecule has 5 rings (SSSR count). The molecule has 0 fully saturated rings. The monoisotopic (exact) mass is 476 g/mol. The van der Waals surface area contributed by atoms with Gasteiger partial charge in [-0.25, -0.2) is 18.2 Å². The van der Waals surface area contributed by atoms with Crippen molar-refractivity contribution in [3.63, 3.8) is 0 Å². The SMILES string of the molecule is CCOc1ccc(N2C(=O)N(Cc3cc(=O)n4ccccc4n3)c3ccccc3S2(=O)=O)cc1. The van der Waals surface area contributed by atoms with Crippen LogP contribution in [0.3, 0.4) is 0 Å². The molecule has 0 unspecified atom stereocenters. The van der Waals surface area contributed by atoms with Gasteiger partial charge in [0.25, 0.3) is 15.6 Å². The number of aromatic nitrogens is 2. The Morgan fingerprint density at radius 1 is 0.941 bits per heavy atom. The first kappa shape index (κ1) is 21.7. The maximum absolute atomic E-state index is 13.6. The molecule has 0 spiro atoms. The van der Waals surface area contributed by atoms with E-state index in [-0.39, 0.29) is 28.4 Å². The number of nitrogens with zero attached hydrogens (tertiary/aromatic N) is 4. The van der Waals surface area contributed by atoms with Crippen molar-refractivity contribution in [3.8, 4) is 5.75 Å². The molecule has 34 heavy (non-hydrogen) atoms. The summed E-state index contributed by atoms with van der Waals surface area (Å²) in [5.41, 5.74) is 0.877. The molecule has 3 heterocycles. The lowest BCUT2D eigenvalue weighted by molar-refractivity contribution is 0.253. The van der Waals surface area contributed by atoms with Crippen molar-refractivity contribution < 1.29 is 17.9 Å². The van der Waals surface area contributed by atoms with Gasteiger partial charge < -0.3 is 4.74 Å². The van der Waals surface area contributed by atoms with Gasteiger partial charge in [-0.3, -0.25) is 14.1 Å². The van der Waals surface area contributed by atoms with Gasteiger partial charge in [-0.1, -0.05) is 18.2 Å². The van der Waals surface area contributed by atoms with E-state index >= 15 is 0 Å². The molecule has 172 valence electrons. The number of hydrogen-bond acceptors (Lipinski definition) is 6. The van der Waals surface area contributed by atoms with Crippen LogP contribution in [0.25, 0.3) is 5.65 Å². The molecule has 4 aromatic rings. The van der Waals surface area contributed by atoms with Crippen LogP contribution in [0.2, 0.25) is 0 Å². The predicted octanol–water partition coefficient (Wildman–Crippen LogP) is 3.43. The first-order valence-corrected chi connectivity index (χ1v) is 12.0. The number of urea groups is 1. The van der Waals surface area contributed by atoms with Gasteiger partial charge in [0, 0.05) is 12.3 Å². The average Bonchev–Trinajstić information content (AvgIpc) is 2.83. The van der Waals surface area contributed by atoms with E-state index in [1.54, 1.807) is 54.7 Å². The fraction of sp³-hybridized carbons (Fsp3) is 0.125. The van der Waals surface area contributed by atoms with E-state index in [9.17, 15) is 18.0 Å². The first-order valence-electron chi connectivity index (χ1n) is 10.6. The number of hydrogen-bond donors (Lipinski definition) is 0. The fourth-order valence-electron chi connectivity index (χ4n) is 3.90. The van der Waals surface area contributed by atoms with Gasteiger partial charge in [-0.05, 0) is 55.5 Å². The Morgan fingerprint density at radius 2 is 1.68 bits per heavy atom. The van der Waals surface area contributed by atoms with Crippen molar-refractivity contribution in [2.24, 2.45) is 0 Å². The van der Waals surface area contributed by atoms with E-state index in [0.717, 1.165) is 4.31 Å². The summed E-state index contributed by atoms with van der Waals surface area (Å²) in [6.07, 6.45) is 1.61. The van der Waals surface area contributed by atoms with Crippen molar-refractivity contribution in [2.75, 3.05) is 15.8 Å². The number of para-hydroxylation sites is 1. The van der Waals surface area contributed by atoms with Crippen LogP contribution in [0.15, 0.2) is 88.7 Å². The van der Waals surface area contributed by atoms with E-state index in [0.29, 0.717) is 23.7 Å². The molecule has 0 radical (unpaired) electrons. The summed E-state index contributed by atoms with van der Waals surface area (Å²) in [6.45, 7) is 2.22. The zero-order chi connectivity index (χ0) is 23.9. The zero-order valence-corrected chi connectivity index (χ0v) is 19.0. The van der Waals surface area contributed by atoms with Crippen LogP contribution in [-0.2, 0) is 16.6 Å². The lowest BCUT2D eigenvalue weighted by Crippen LogP contribution is -2.50. The Balaban J connectivity index is 1.61. The topological polar surface area (TPSA) is 101 Å². The standard InChI is InChI=1S/C24H20N4O5S/c1-2-33-19-12-10-18(11-13-19)28-24(30)27(20-7-3-4-8-21(20)34(28,31)32)16-17-15-23(29)26-14-6-5-9-22(26)25-17/h3-15H,2,16H2,1H3. The van der Waals surface area contributed by atoms with Gasteiger partial charge in [-0.2, -0.15) is 4.31 Å². The molecule has 2 aromatic carbocycles. The number of ether oxygens (including phenoxy) is 1. The van der Waals surface area contributed by atoms with Gasteiger partial charge >= 0.3 is 6.03 Å². The maximum atomic E-state index is 13.6. The molecule has 0 N–H and O–H groups in total. The third-order valence-corrected chi connectivity index (χ3v) is 7.15. The average molecular weight is 477 g/mol. The normalized spacial score (nSPS) is 14.8. The lowest BCUT2D eigenvalue weighted by atomic mass is 10.2. The molecule has 2 amide bonds. The number of fused-ring (bicyclic) bond motifs is 2. The molecule has 10 heteroatoms. The molecule has 0 atom stereocenters. The second-order valence-electron chi connectivity index (χ2n) is 7.55. The molecule has 1 aliphatic heterocycles. The highest BCUT2D eigenvalue weighted by Gasteiger charge is 2.42. The summed E-state index contributed by atoms with van der Waals surface area (Å²) >= 11 is 0. The molecule has 0 aliphatic carbocycles. The quantitative estimate of drug-likeness (QED) is 0.437. The van der Waals surface area contributed by atoms with Crippen LogP contribution in [0.1, 0.15) is 12.6 Å². The summed E-state index contributed by atoms with van der Waals surface area (Å²) in [5.74, 6) is 0.561. The van der Waals surface area contributed by atoms with Crippen molar-refractivity contribution in [1.29, 1.82) is 0 Å². The molecule has 1 aliphatic rings. The Bertz CT molecular complexity index is 1560. The zero-order valence-electron chi connectivity index (χ0n) is 18.2. The summed E-state index contributed by atoms with van der Waals surface area (Å²) in [6, 6.07) is 18.3. The fourth-order valence-corrected chi connectivity index (χ4v) is 5.50. The Morgan fingerprint density at radius 3 is 2.44 bits per heavy atom. The van der Waals surface area contributed by atoms with Crippen LogP contribution < -0.4 is 19.5 Å². The van der Waals surface area contributed by atoms with Gasteiger partial charge in [0.05, 0.1) is 30.2 Å². The van der Waals surface area contributed by atoms with E-state index in [1.165, 1.54) is 33.6 Å². The molecule has 0 bridgehead atoms. The number of amides is 2. The maximum Gasteiger partial charge on any atom is 0.343 e. The van der Waals surface area contributed by atoms with E-state index < -0.39 is 16.1 Å². The third kappa shape index (κ3) is 3.57. The van der Waals surface area contributed by atoms with Crippen molar-refractivity contribution in [3.05, 3.63) is 95.0 Å². The Hall–Kier alpha value is -4.18. The van der Waals surface area contributed by atoms with Crippen LogP contribution in [-0.4, -0.2) is 30.4 Å². The van der Waals surface area contributed by atoms with Crippen LogP contribution >= 0.6 is 0 Å². The first-order chi connectivity index (χ1) is 16.4. The second kappa shape index (κ2) is 8.31. The minimum absolute atomic E-state index is 0.0130. The van der Waals surface area contributed by atoms with Crippen molar-refractivity contribution in [1.82, 2.24) is 9.38 Å². The molecule has 2 aromatic heterocycles. The van der Waals surface area contributed by atoms with Gasteiger partial charge in [0.1, 0.15) is 16.3 Å². The van der Waals surface area contributed by atoms with Gasteiger partial charge in [-0.15, -0.1) is 0 Å². The number of carbonyl (C=O) groups excluding carboxylic acids is 1. The Kier molecular flexibility index (Phi) is 5.29. The number of rotatable bonds is 5. The number of benzene rings is 2. The smallest absolute Gasteiger partial charge is 0.343 e. The largest absolute Gasteiger partial charge is 0.494 e. The highest BCUT2D eigenvalue weighted by molar-refractivity contribution is 7.94. The molecule has 0 saturated heterocycles. The van der Waals surface area contributed by atoms with Crippen LogP contribution in [0, 0.1) is 0 Å². The minimum Gasteiger partial charge on any atom is -0.494 e. The molecular formula is C24H20N4O5S. The number of anilines is 2. The summed E-state index contributed by atoms with van der Waals surface area (Å²) in [5, 5.41) is 0. The number of pyridine rings is 1. The second-order valence-corrected chi connectivity index (χ2v) is 9.30. The van der Waals surface area contributed by atoms with Gasteiger partial charge in [0.2, 0.25) is 0 Å². The van der Waals surface area contributed by atoms with E-state index in [2.05, 4.69) is 4.98 Å². The number of sulfonamides is 1.